The van der Waals surface area contributed by atoms with Crippen molar-refractivity contribution in [2.75, 3.05) is 0 Å². The van der Waals surface area contributed by atoms with Gasteiger partial charge >= 0.3 is 0 Å². The van der Waals surface area contributed by atoms with Gasteiger partial charge in [-0.3, -0.25) is 0 Å². The molecule has 0 aliphatic heterocycles. The Kier molecular flexibility index (Phi) is 3.50. The average molecular weight is 352 g/mol. The Morgan fingerprint density at radius 2 is 1.52 bits per heavy atom. The molecule has 0 aliphatic rings. The van der Waals surface area contributed by atoms with E-state index in [9.17, 15) is 5.11 Å². The van der Waals surface area contributed by atoms with Gasteiger partial charge in [-0.2, -0.15) is 5.10 Å². The van der Waals surface area contributed by atoms with E-state index in [0.717, 1.165) is 28.1 Å². The molecule has 0 aliphatic carbocycles. The lowest BCUT2D eigenvalue weighted by Gasteiger charge is -2.03. The van der Waals surface area contributed by atoms with Gasteiger partial charge in [-0.05, 0) is 36.4 Å². The highest BCUT2D eigenvalue weighted by Gasteiger charge is 2.19. The number of nitrogens with zero attached hydrogens (tertiary/aromatic N) is 3. The van der Waals surface area contributed by atoms with Gasteiger partial charge in [-0.25, -0.2) is 9.67 Å². The molecule has 0 saturated carbocycles. The molecule has 0 saturated heterocycles. The van der Waals surface area contributed by atoms with Crippen molar-refractivity contribution >= 4 is 11.0 Å². The van der Waals surface area contributed by atoms with Crippen molar-refractivity contribution in [2.24, 2.45) is 0 Å². The predicted octanol–water partition coefficient (Wildman–Crippen LogP) is 4.79. The highest BCUT2D eigenvalue weighted by atomic mass is 16.3. The van der Waals surface area contributed by atoms with Crippen molar-refractivity contribution in [2.45, 2.75) is 0 Å². The van der Waals surface area contributed by atoms with Crippen LogP contribution in [0.2, 0.25) is 0 Å². The van der Waals surface area contributed by atoms with E-state index in [0.29, 0.717) is 11.3 Å². The van der Waals surface area contributed by atoms with Crippen molar-refractivity contribution in [3.8, 4) is 34.1 Å². The number of phenolic OH excluding ortho intramolecular Hbond substituents is 1. The molecule has 130 valence electrons. The van der Waals surface area contributed by atoms with Crippen LogP contribution in [0.1, 0.15) is 0 Å². The first kappa shape index (κ1) is 15.4. The van der Waals surface area contributed by atoms with Crippen molar-refractivity contribution < 1.29 is 5.11 Å². The first-order valence-corrected chi connectivity index (χ1v) is 8.68. The lowest BCUT2D eigenvalue weighted by molar-refractivity contribution is 0.477. The molecule has 0 unspecified atom stereocenters. The molecule has 5 aromatic rings. The molecule has 2 N–H and O–H groups in total. The normalized spacial score (nSPS) is 11.1. The van der Waals surface area contributed by atoms with Crippen LogP contribution in [0.25, 0.3) is 39.4 Å². The Hall–Kier alpha value is -3.86. The average Bonchev–Trinajstić information content (AvgIpc) is 3.33. The highest BCUT2D eigenvalue weighted by molar-refractivity contribution is 5.85. The third-order valence-corrected chi connectivity index (χ3v) is 4.54. The fourth-order valence-corrected chi connectivity index (χ4v) is 3.21. The molecule has 5 rings (SSSR count). The summed E-state index contributed by atoms with van der Waals surface area (Å²) in [6, 6.07) is 25.0. The standard InChI is InChI=1S/C22H16N4O/c27-20-13-7-4-10-16(20)21-17(14-26(25-21)15-8-2-1-3-9-15)22-23-18-11-5-6-12-19(18)24-22/h1-14,27H,(H,23,24). The van der Waals surface area contributed by atoms with E-state index in [1.54, 1.807) is 12.1 Å². The zero-order valence-corrected chi connectivity index (χ0v) is 14.4. The highest BCUT2D eigenvalue weighted by Crippen LogP contribution is 2.35. The molecule has 3 aromatic carbocycles. The zero-order valence-electron chi connectivity index (χ0n) is 14.4. The third kappa shape index (κ3) is 2.66. The summed E-state index contributed by atoms with van der Waals surface area (Å²) < 4.78 is 1.81. The fourth-order valence-electron chi connectivity index (χ4n) is 3.21. The number of nitrogens with one attached hydrogen (secondary N) is 1. The van der Waals surface area contributed by atoms with E-state index >= 15 is 0 Å². The maximum absolute atomic E-state index is 10.4. The number of para-hydroxylation sites is 4. The summed E-state index contributed by atoms with van der Waals surface area (Å²) in [6.45, 7) is 0. The lowest BCUT2D eigenvalue weighted by atomic mass is 10.1. The number of fused-ring (bicyclic) bond motifs is 1. The molecule has 0 bridgehead atoms. The van der Waals surface area contributed by atoms with E-state index in [-0.39, 0.29) is 5.75 Å². The summed E-state index contributed by atoms with van der Waals surface area (Å²) in [6.07, 6.45) is 1.94. The molecule has 2 heterocycles. The zero-order chi connectivity index (χ0) is 18.2. The second-order valence-electron chi connectivity index (χ2n) is 6.29. The van der Waals surface area contributed by atoms with Gasteiger partial charge in [-0.1, -0.05) is 42.5 Å². The summed E-state index contributed by atoms with van der Waals surface area (Å²) in [5, 5.41) is 15.1. The van der Waals surface area contributed by atoms with E-state index < -0.39 is 0 Å². The van der Waals surface area contributed by atoms with Crippen molar-refractivity contribution in [3.05, 3.63) is 85.1 Å². The third-order valence-electron chi connectivity index (χ3n) is 4.54. The molecular formula is C22H16N4O. The molecule has 0 spiro atoms. The minimum atomic E-state index is 0.188. The smallest absolute Gasteiger partial charge is 0.142 e. The quantitative estimate of drug-likeness (QED) is 0.491. The van der Waals surface area contributed by atoms with Crippen molar-refractivity contribution in [1.82, 2.24) is 19.7 Å². The number of H-pyrrole nitrogens is 1. The summed E-state index contributed by atoms with van der Waals surface area (Å²) in [5.41, 5.74) is 4.97. The Morgan fingerprint density at radius 1 is 0.778 bits per heavy atom. The second-order valence-corrected chi connectivity index (χ2v) is 6.29. The van der Waals surface area contributed by atoms with Crippen LogP contribution in [0, 0.1) is 0 Å². The minimum Gasteiger partial charge on any atom is -0.507 e. The molecule has 27 heavy (non-hydrogen) atoms. The number of aromatic nitrogens is 4. The maximum atomic E-state index is 10.4. The minimum absolute atomic E-state index is 0.188. The topological polar surface area (TPSA) is 66.7 Å². The van der Waals surface area contributed by atoms with Crippen LogP contribution in [0.4, 0.5) is 0 Å². The van der Waals surface area contributed by atoms with Gasteiger partial charge in [0.05, 0.1) is 22.3 Å². The summed E-state index contributed by atoms with van der Waals surface area (Å²) in [4.78, 5) is 8.08. The Balaban J connectivity index is 1.75. The molecule has 0 radical (unpaired) electrons. The van der Waals surface area contributed by atoms with Gasteiger partial charge in [0, 0.05) is 11.8 Å². The number of aromatic amines is 1. The lowest BCUT2D eigenvalue weighted by Crippen LogP contribution is -1.94. The number of benzene rings is 3. The van der Waals surface area contributed by atoms with Gasteiger partial charge in [0.25, 0.3) is 0 Å². The van der Waals surface area contributed by atoms with Crippen LogP contribution in [-0.4, -0.2) is 24.9 Å². The first-order chi connectivity index (χ1) is 13.3. The Morgan fingerprint density at radius 3 is 2.33 bits per heavy atom. The van der Waals surface area contributed by atoms with Gasteiger partial charge < -0.3 is 10.1 Å². The van der Waals surface area contributed by atoms with Gasteiger partial charge in [0.1, 0.15) is 17.3 Å². The number of phenols is 1. The molecule has 5 heteroatoms. The molecule has 0 fully saturated rings. The van der Waals surface area contributed by atoms with Crippen LogP contribution in [0.3, 0.4) is 0 Å². The molecular weight excluding hydrogens is 336 g/mol. The predicted molar refractivity (Wildman–Crippen MR) is 106 cm³/mol. The second kappa shape index (κ2) is 6.14. The molecule has 0 amide bonds. The van der Waals surface area contributed by atoms with Crippen LogP contribution < -0.4 is 0 Å². The van der Waals surface area contributed by atoms with Crippen LogP contribution in [0.5, 0.6) is 5.75 Å². The number of imidazole rings is 1. The summed E-state index contributed by atoms with van der Waals surface area (Å²) >= 11 is 0. The van der Waals surface area contributed by atoms with Crippen molar-refractivity contribution in [3.63, 3.8) is 0 Å². The van der Waals surface area contributed by atoms with Crippen LogP contribution in [0.15, 0.2) is 85.1 Å². The monoisotopic (exact) mass is 352 g/mol. The van der Waals surface area contributed by atoms with Gasteiger partial charge in [0.15, 0.2) is 0 Å². The van der Waals surface area contributed by atoms with E-state index in [1.807, 2.05) is 77.6 Å². The van der Waals surface area contributed by atoms with Crippen LogP contribution in [-0.2, 0) is 0 Å². The number of hydrogen-bond acceptors (Lipinski definition) is 3. The Labute approximate surface area is 155 Å². The molecule has 2 aromatic heterocycles. The summed E-state index contributed by atoms with van der Waals surface area (Å²) in [7, 11) is 0. The summed E-state index contributed by atoms with van der Waals surface area (Å²) in [5.74, 6) is 0.907. The van der Waals surface area contributed by atoms with E-state index in [1.165, 1.54) is 0 Å². The van der Waals surface area contributed by atoms with Gasteiger partial charge in [0.2, 0.25) is 0 Å². The molecule has 5 nitrogen and oxygen atoms in total. The number of aromatic hydroxyl groups is 1. The maximum Gasteiger partial charge on any atom is 0.142 e. The van der Waals surface area contributed by atoms with E-state index in [2.05, 4.69) is 4.98 Å². The Bertz CT molecular complexity index is 1200. The SMILES string of the molecule is Oc1ccccc1-c1nn(-c2ccccc2)cc1-c1nc2ccccc2[nH]1. The first-order valence-electron chi connectivity index (χ1n) is 8.68. The van der Waals surface area contributed by atoms with Crippen molar-refractivity contribution in [1.29, 1.82) is 0 Å². The fraction of sp³-hybridized carbons (Fsp3) is 0. The van der Waals surface area contributed by atoms with E-state index in [4.69, 9.17) is 10.1 Å². The van der Waals surface area contributed by atoms with Crippen LogP contribution >= 0.6 is 0 Å². The molecule has 0 atom stereocenters. The number of hydrogen-bond donors (Lipinski definition) is 2. The largest absolute Gasteiger partial charge is 0.507 e. The van der Waals surface area contributed by atoms with Gasteiger partial charge in [-0.15, -0.1) is 0 Å². The number of rotatable bonds is 3.